The first-order chi connectivity index (χ1) is 9.00. The van der Waals surface area contributed by atoms with Gasteiger partial charge < -0.3 is 19.3 Å². The van der Waals surface area contributed by atoms with E-state index < -0.39 is 11.4 Å². The third-order valence-electron chi connectivity index (χ3n) is 2.93. The lowest BCUT2D eigenvalue weighted by atomic mass is 9.87. The van der Waals surface area contributed by atoms with E-state index in [1.54, 1.807) is 21.0 Å². The van der Waals surface area contributed by atoms with Gasteiger partial charge in [-0.1, -0.05) is 6.42 Å². The minimum atomic E-state index is -0.738. The van der Waals surface area contributed by atoms with Crippen LogP contribution in [0.1, 0.15) is 39.5 Å². The Morgan fingerprint density at radius 2 is 1.53 bits per heavy atom. The second kappa shape index (κ2) is 11.2. The van der Waals surface area contributed by atoms with Crippen molar-refractivity contribution < 1.29 is 24.1 Å². The molecule has 0 radical (unpaired) electrons. The van der Waals surface area contributed by atoms with Gasteiger partial charge in [0.2, 0.25) is 0 Å². The average Bonchev–Trinajstić information content (AvgIpc) is 2.35. The van der Waals surface area contributed by atoms with Gasteiger partial charge in [0.1, 0.15) is 0 Å². The van der Waals surface area contributed by atoms with E-state index in [1.807, 2.05) is 0 Å². The first-order valence-corrected chi connectivity index (χ1v) is 6.88. The summed E-state index contributed by atoms with van der Waals surface area (Å²) in [6, 6.07) is 0. The molecular weight excluding hydrogens is 248 g/mol. The maximum atomic E-state index is 10.9. The van der Waals surface area contributed by atoms with E-state index in [1.165, 1.54) is 0 Å². The van der Waals surface area contributed by atoms with E-state index in [4.69, 9.17) is 19.3 Å². The van der Waals surface area contributed by atoms with E-state index in [9.17, 15) is 4.79 Å². The number of aliphatic carboxylic acids is 1. The maximum absolute atomic E-state index is 10.9. The summed E-state index contributed by atoms with van der Waals surface area (Å²) in [6.07, 6.45) is 3.34. The van der Waals surface area contributed by atoms with Crippen molar-refractivity contribution in [2.75, 3.05) is 40.1 Å². The van der Waals surface area contributed by atoms with Crippen LogP contribution in [0.15, 0.2) is 0 Å². The lowest BCUT2D eigenvalue weighted by Gasteiger charge is -2.18. The highest BCUT2D eigenvalue weighted by atomic mass is 16.5. The van der Waals surface area contributed by atoms with Crippen molar-refractivity contribution >= 4 is 5.97 Å². The predicted molar refractivity (Wildman–Crippen MR) is 73.4 cm³/mol. The molecule has 0 spiro atoms. The number of carboxylic acid groups (broad SMARTS) is 1. The summed E-state index contributed by atoms with van der Waals surface area (Å²) in [5, 5.41) is 8.95. The SMILES string of the molecule is COCCCOCCOCCCCC(C)(C)C(=O)O. The lowest BCUT2D eigenvalue weighted by Crippen LogP contribution is -2.23. The van der Waals surface area contributed by atoms with Crippen molar-refractivity contribution in [1.29, 1.82) is 0 Å². The van der Waals surface area contributed by atoms with Gasteiger partial charge in [-0.15, -0.1) is 0 Å². The van der Waals surface area contributed by atoms with Crippen molar-refractivity contribution in [2.45, 2.75) is 39.5 Å². The van der Waals surface area contributed by atoms with E-state index in [0.717, 1.165) is 25.9 Å². The Morgan fingerprint density at radius 3 is 2.05 bits per heavy atom. The number of ether oxygens (including phenoxy) is 3. The van der Waals surface area contributed by atoms with Crippen LogP contribution in [0.5, 0.6) is 0 Å². The Morgan fingerprint density at radius 1 is 0.947 bits per heavy atom. The highest BCUT2D eigenvalue weighted by molar-refractivity contribution is 5.73. The number of rotatable bonds is 13. The lowest BCUT2D eigenvalue weighted by molar-refractivity contribution is -0.147. The van der Waals surface area contributed by atoms with Gasteiger partial charge in [0, 0.05) is 26.9 Å². The molecule has 0 saturated carbocycles. The van der Waals surface area contributed by atoms with Crippen LogP contribution >= 0.6 is 0 Å². The molecular formula is C14H28O5. The highest BCUT2D eigenvalue weighted by Gasteiger charge is 2.25. The number of carbonyl (C=O) groups is 1. The second-order valence-electron chi connectivity index (χ2n) is 5.22. The first kappa shape index (κ1) is 18.4. The molecule has 19 heavy (non-hydrogen) atoms. The van der Waals surface area contributed by atoms with Gasteiger partial charge in [-0.2, -0.15) is 0 Å². The van der Waals surface area contributed by atoms with Gasteiger partial charge >= 0.3 is 5.97 Å². The summed E-state index contributed by atoms with van der Waals surface area (Å²) in [7, 11) is 1.68. The summed E-state index contributed by atoms with van der Waals surface area (Å²) in [6.45, 7) is 6.79. The normalized spacial score (nSPS) is 11.7. The molecule has 0 fully saturated rings. The number of methoxy groups -OCH3 is 1. The van der Waals surface area contributed by atoms with Crippen molar-refractivity contribution in [2.24, 2.45) is 5.41 Å². The van der Waals surface area contributed by atoms with Crippen molar-refractivity contribution in [3.05, 3.63) is 0 Å². The molecule has 0 aromatic rings. The molecule has 0 aromatic heterocycles. The number of unbranched alkanes of at least 4 members (excludes halogenated alkanes) is 1. The zero-order valence-electron chi connectivity index (χ0n) is 12.4. The van der Waals surface area contributed by atoms with Gasteiger partial charge in [-0.25, -0.2) is 0 Å². The smallest absolute Gasteiger partial charge is 0.309 e. The van der Waals surface area contributed by atoms with E-state index in [2.05, 4.69) is 0 Å². The topological polar surface area (TPSA) is 65.0 Å². The Labute approximate surface area is 116 Å². The van der Waals surface area contributed by atoms with E-state index in [0.29, 0.717) is 32.8 Å². The molecule has 0 atom stereocenters. The molecule has 0 aliphatic heterocycles. The second-order valence-corrected chi connectivity index (χ2v) is 5.22. The Balaban J connectivity index is 3.21. The summed E-state index contributed by atoms with van der Waals surface area (Å²) in [5.74, 6) is -0.738. The van der Waals surface area contributed by atoms with E-state index in [-0.39, 0.29) is 0 Å². The highest BCUT2D eigenvalue weighted by Crippen LogP contribution is 2.23. The van der Waals surface area contributed by atoms with Gasteiger partial charge in [0.25, 0.3) is 0 Å². The fourth-order valence-corrected chi connectivity index (χ4v) is 1.51. The van der Waals surface area contributed by atoms with Crippen LogP contribution in [0.4, 0.5) is 0 Å². The molecule has 0 aliphatic rings. The van der Waals surface area contributed by atoms with Crippen LogP contribution in [0, 0.1) is 5.41 Å². The minimum absolute atomic E-state index is 0.593. The summed E-state index contributed by atoms with van der Waals surface area (Å²) in [5.41, 5.74) is -0.634. The molecule has 0 bridgehead atoms. The largest absolute Gasteiger partial charge is 0.481 e. The molecule has 0 unspecified atom stereocenters. The van der Waals surface area contributed by atoms with Crippen molar-refractivity contribution in [3.63, 3.8) is 0 Å². The molecule has 114 valence electrons. The molecule has 0 aliphatic carbocycles. The first-order valence-electron chi connectivity index (χ1n) is 6.88. The zero-order valence-corrected chi connectivity index (χ0v) is 12.4. The van der Waals surface area contributed by atoms with Gasteiger partial charge in [-0.05, 0) is 33.1 Å². The Bertz CT molecular complexity index is 228. The predicted octanol–water partition coefficient (Wildman–Crippen LogP) is 2.34. The van der Waals surface area contributed by atoms with Crippen LogP contribution in [0.25, 0.3) is 0 Å². The summed E-state index contributed by atoms with van der Waals surface area (Å²) in [4.78, 5) is 10.9. The maximum Gasteiger partial charge on any atom is 0.309 e. The fourth-order valence-electron chi connectivity index (χ4n) is 1.51. The number of hydrogen-bond donors (Lipinski definition) is 1. The van der Waals surface area contributed by atoms with Crippen molar-refractivity contribution in [3.8, 4) is 0 Å². The van der Waals surface area contributed by atoms with Crippen LogP contribution in [0.2, 0.25) is 0 Å². The fraction of sp³-hybridized carbons (Fsp3) is 0.929. The number of hydrogen-bond acceptors (Lipinski definition) is 4. The molecule has 0 aromatic carbocycles. The van der Waals surface area contributed by atoms with Crippen LogP contribution in [-0.2, 0) is 19.0 Å². The Kier molecular flexibility index (Phi) is 10.8. The van der Waals surface area contributed by atoms with E-state index >= 15 is 0 Å². The van der Waals surface area contributed by atoms with Crippen molar-refractivity contribution in [1.82, 2.24) is 0 Å². The quantitative estimate of drug-likeness (QED) is 0.523. The van der Waals surface area contributed by atoms with Gasteiger partial charge in [0.05, 0.1) is 18.6 Å². The van der Waals surface area contributed by atoms with Gasteiger partial charge in [0.15, 0.2) is 0 Å². The molecule has 0 saturated heterocycles. The Hall–Kier alpha value is -0.650. The third kappa shape index (κ3) is 10.9. The summed E-state index contributed by atoms with van der Waals surface area (Å²) < 4.78 is 15.7. The average molecular weight is 276 g/mol. The van der Waals surface area contributed by atoms with Crippen LogP contribution in [-0.4, -0.2) is 51.2 Å². The summed E-state index contributed by atoms with van der Waals surface area (Å²) >= 11 is 0. The molecule has 0 rings (SSSR count). The minimum Gasteiger partial charge on any atom is -0.481 e. The molecule has 5 heteroatoms. The monoisotopic (exact) mass is 276 g/mol. The van der Waals surface area contributed by atoms with Crippen LogP contribution in [0.3, 0.4) is 0 Å². The molecule has 5 nitrogen and oxygen atoms in total. The molecule has 0 heterocycles. The number of carboxylic acids is 1. The van der Waals surface area contributed by atoms with Crippen LogP contribution < -0.4 is 0 Å². The third-order valence-corrected chi connectivity index (χ3v) is 2.93. The standard InChI is InChI=1S/C14H28O5/c1-14(2,13(15)16)7-4-5-9-18-11-12-19-10-6-8-17-3/h4-12H2,1-3H3,(H,15,16). The zero-order chi connectivity index (χ0) is 14.6. The van der Waals surface area contributed by atoms with Gasteiger partial charge in [-0.3, -0.25) is 4.79 Å². The molecule has 1 N–H and O–H groups in total. The molecule has 0 amide bonds.